The first kappa shape index (κ1) is 13.4. The molecule has 0 spiro atoms. The molecule has 1 unspecified atom stereocenters. The highest BCUT2D eigenvalue weighted by molar-refractivity contribution is 5.83. The molecule has 8 heteroatoms. The Labute approximate surface area is 113 Å². The Hall–Kier alpha value is -1.57. The van der Waals surface area contributed by atoms with Gasteiger partial charge in [0.15, 0.2) is 0 Å². The summed E-state index contributed by atoms with van der Waals surface area (Å²) in [6, 6.07) is -0.875. The van der Waals surface area contributed by atoms with Crippen LogP contribution in [0.15, 0.2) is 6.33 Å². The van der Waals surface area contributed by atoms with Gasteiger partial charge in [-0.15, -0.1) is 0 Å². The van der Waals surface area contributed by atoms with E-state index < -0.39 is 24.7 Å². The lowest BCUT2D eigenvalue weighted by Gasteiger charge is -2.30. The summed E-state index contributed by atoms with van der Waals surface area (Å²) in [6.45, 7) is -0.738. The summed E-state index contributed by atoms with van der Waals surface area (Å²) in [4.78, 5) is 20.3. The third kappa shape index (κ3) is 2.79. The zero-order valence-corrected chi connectivity index (χ0v) is 10.7. The van der Waals surface area contributed by atoms with E-state index in [2.05, 4.69) is 15.3 Å². The third-order valence-corrected chi connectivity index (χ3v) is 3.65. The zero-order valence-electron chi connectivity index (χ0n) is 10.7. The topological polar surface area (TPSA) is 61.0 Å². The van der Waals surface area contributed by atoms with Crippen LogP contribution >= 0.6 is 0 Å². The molecule has 0 radical (unpaired) electrons. The Bertz CT molecular complexity index is 509. The summed E-state index contributed by atoms with van der Waals surface area (Å²) in [6.07, 6.45) is -1.18. The second-order valence-electron chi connectivity index (χ2n) is 5.28. The maximum atomic E-state index is 12.6. The Morgan fingerprint density at radius 2 is 2.20 bits per heavy atom. The highest BCUT2D eigenvalue weighted by atomic mass is 19.4. The molecule has 1 saturated carbocycles. The number of hydrogen-bond acceptors (Lipinski definition) is 3. The Morgan fingerprint density at radius 1 is 1.45 bits per heavy atom. The first-order valence-corrected chi connectivity index (χ1v) is 6.56. The van der Waals surface area contributed by atoms with Crippen molar-refractivity contribution in [1.29, 1.82) is 0 Å². The van der Waals surface area contributed by atoms with E-state index in [9.17, 15) is 18.0 Å². The Morgan fingerprint density at radius 3 is 2.85 bits per heavy atom. The number of aromatic amines is 1. The van der Waals surface area contributed by atoms with Crippen molar-refractivity contribution in [1.82, 2.24) is 20.2 Å². The third-order valence-electron chi connectivity index (χ3n) is 3.65. The van der Waals surface area contributed by atoms with Gasteiger partial charge in [0.05, 0.1) is 23.8 Å². The molecule has 0 bridgehead atoms. The number of nitrogens with zero attached hydrogens (tertiary/aromatic N) is 2. The van der Waals surface area contributed by atoms with Gasteiger partial charge < -0.3 is 9.88 Å². The summed E-state index contributed by atoms with van der Waals surface area (Å²) in [5, 5.41) is 2.98. The van der Waals surface area contributed by atoms with Gasteiger partial charge in [-0.05, 0) is 12.8 Å². The summed E-state index contributed by atoms with van der Waals surface area (Å²) >= 11 is 0. The van der Waals surface area contributed by atoms with Crippen molar-refractivity contribution in [3.05, 3.63) is 17.7 Å². The highest BCUT2D eigenvalue weighted by Gasteiger charge is 2.43. The number of alkyl halides is 3. The van der Waals surface area contributed by atoms with Crippen molar-refractivity contribution >= 4 is 5.91 Å². The summed E-state index contributed by atoms with van der Waals surface area (Å²) < 4.78 is 37.7. The molecule has 2 N–H and O–H groups in total. The number of imidazole rings is 1. The second kappa shape index (κ2) is 4.76. The fraction of sp³-hybridized carbons (Fsp3) is 0.667. The number of halogens is 3. The normalized spacial score (nSPS) is 22.4. The van der Waals surface area contributed by atoms with E-state index in [1.54, 1.807) is 0 Å². The van der Waals surface area contributed by atoms with Gasteiger partial charge in [0.1, 0.15) is 6.54 Å². The van der Waals surface area contributed by atoms with E-state index in [-0.39, 0.29) is 6.04 Å². The maximum absolute atomic E-state index is 12.6. The van der Waals surface area contributed by atoms with E-state index in [4.69, 9.17) is 0 Å². The molecule has 1 amide bonds. The minimum Gasteiger partial charge on any atom is -0.347 e. The van der Waals surface area contributed by atoms with Crippen molar-refractivity contribution in [2.45, 2.75) is 44.1 Å². The lowest BCUT2D eigenvalue weighted by Crippen LogP contribution is -2.52. The molecule has 2 heterocycles. The number of carbonyl (C=O) groups is 1. The molecular formula is C12H15F3N4O. The van der Waals surface area contributed by atoms with Crippen molar-refractivity contribution in [2.24, 2.45) is 0 Å². The average molecular weight is 288 g/mol. The number of rotatable bonds is 3. The second-order valence-corrected chi connectivity index (χ2v) is 5.28. The number of fused-ring (bicyclic) bond motifs is 1. The van der Waals surface area contributed by atoms with Crippen molar-refractivity contribution in [3.63, 3.8) is 0 Å². The van der Waals surface area contributed by atoms with Crippen LogP contribution in [0.25, 0.3) is 0 Å². The van der Waals surface area contributed by atoms with Crippen LogP contribution < -0.4 is 5.32 Å². The van der Waals surface area contributed by atoms with Crippen molar-refractivity contribution < 1.29 is 18.0 Å². The molecule has 1 fully saturated rings. The minimum atomic E-state index is -4.36. The molecule has 2 aliphatic rings. The van der Waals surface area contributed by atoms with Crippen LogP contribution in [0.1, 0.15) is 24.2 Å². The van der Waals surface area contributed by atoms with Gasteiger partial charge in [0.25, 0.3) is 0 Å². The van der Waals surface area contributed by atoms with Crippen LogP contribution in [0.5, 0.6) is 0 Å². The van der Waals surface area contributed by atoms with E-state index in [0.29, 0.717) is 25.8 Å². The van der Waals surface area contributed by atoms with E-state index in [0.717, 1.165) is 16.3 Å². The largest absolute Gasteiger partial charge is 0.406 e. The minimum absolute atomic E-state index is 0.258. The number of hydrogen-bond donors (Lipinski definition) is 2. The summed E-state index contributed by atoms with van der Waals surface area (Å²) in [5.74, 6) is -0.474. The highest BCUT2D eigenvalue weighted by Crippen LogP contribution is 2.31. The smallest absolute Gasteiger partial charge is 0.347 e. The molecule has 1 aliphatic carbocycles. The number of amides is 1. The number of H-pyrrole nitrogens is 1. The van der Waals surface area contributed by atoms with Crippen LogP contribution in [0, 0.1) is 0 Å². The average Bonchev–Trinajstić information content (AvgIpc) is 3.11. The van der Waals surface area contributed by atoms with Gasteiger partial charge >= 0.3 is 6.18 Å². The molecule has 110 valence electrons. The molecular weight excluding hydrogens is 273 g/mol. The standard InChI is InChI=1S/C12H15F3N4O/c13-12(14,15)5-19(7-1-2-7)11(20)9-3-8-10(4-16-9)18-6-17-8/h6-7,9,16H,1-5H2,(H,17,18). The first-order chi connectivity index (χ1) is 9.44. The molecule has 3 rings (SSSR count). The fourth-order valence-electron chi connectivity index (χ4n) is 2.51. The monoisotopic (exact) mass is 288 g/mol. The van der Waals surface area contributed by atoms with Crippen LogP contribution in [-0.4, -0.2) is 45.6 Å². The predicted molar refractivity (Wildman–Crippen MR) is 63.7 cm³/mol. The number of carbonyl (C=O) groups excluding carboxylic acids is 1. The maximum Gasteiger partial charge on any atom is 0.406 e. The summed E-state index contributed by atoms with van der Waals surface area (Å²) in [5.41, 5.74) is 1.65. The fourth-order valence-corrected chi connectivity index (χ4v) is 2.51. The zero-order chi connectivity index (χ0) is 14.3. The molecule has 5 nitrogen and oxygen atoms in total. The Balaban J connectivity index is 1.71. The van der Waals surface area contributed by atoms with Crippen LogP contribution in [-0.2, 0) is 17.8 Å². The molecule has 1 aromatic rings. The SMILES string of the molecule is O=C(C1Cc2nc[nH]c2CN1)N(CC(F)(F)F)C1CC1. The molecule has 20 heavy (non-hydrogen) atoms. The van der Waals surface area contributed by atoms with Gasteiger partial charge in [-0.2, -0.15) is 13.2 Å². The molecule has 0 saturated heterocycles. The molecule has 1 atom stereocenters. The van der Waals surface area contributed by atoms with Gasteiger partial charge in [-0.3, -0.25) is 10.1 Å². The quantitative estimate of drug-likeness (QED) is 0.871. The van der Waals surface area contributed by atoms with Crippen LogP contribution in [0.3, 0.4) is 0 Å². The van der Waals surface area contributed by atoms with Crippen LogP contribution in [0.2, 0.25) is 0 Å². The van der Waals surface area contributed by atoms with Gasteiger partial charge in [0, 0.05) is 19.0 Å². The molecule has 1 aromatic heterocycles. The first-order valence-electron chi connectivity index (χ1n) is 6.56. The van der Waals surface area contributed by atoms with Gasteiger partial charge in [-0.25, -0.2) is 4.98 Å². The van der Waals surface area contributed by atoms with Crippen LogP contribution in [0.4, 0.5) is 13.2 Å². The lowest BCUT2D eigenvalue weighted by molar-refractivity contribution is -0.163. The van der Waals surface area contributed by atoms with E-state index in [1.807, 2.05) is 0 Å². The van der Waals surface area contributed by atoms with Crippen molar-refractivity contribution in [3.8, 4) is 0 Å². The molecule has 0 aromatic carbocycles. The lowest BCUT2D eigenvalue weighted by atomic mass is 10.0. The number of aromatic nitrogens is 2. The molecule has 1 aliphatic heterocycles. The van der Waals surface area contributed by atoms with Crippen molar-refractivity contribution in [2.75, 3.05) is 6.54 Å². The predicted octanol–water partition coefficient (Wildman–Crippen LogP) is 0.977. The van der Waals surface area contributed by atoms with Gasteiger partial charge in [0.2, 0.25) is 5.91 Å². The van der Waals surface area contributed by atoms with E-state index >= 15 is 0 Å². The van der Waals surface area contributed by atoms with E-state index in [1.165, 1.54) is 6.33 Å². The number of nitrogens with one attached hydrogen (secondary N) is 2. The Kier molecular flexibility index (Phi) is 3.19. The summed E-state index contributed by atoms with van der Waals surface area (Å²) in [7, 11) is 0. The van der Waals surface area contributed by atoms with Gasteiger partial charge in [-0.1, -0.05) is 0 Å².